The number of nitrogens with one attached hydrogen (secondary N) is 1. The molecule has 0 aliphatic heterocycles. The molecular weight excluding hydrogens is 270 g/mol. The highest BCUT2D eigenvalue weighted by Crippen LogP contribution is 2.14. The minimum absolute atomic E-state index is 0.0508. The Morgan fingerprint density at radius 1 is 1.14 bits per heavy atom. The van der Waals surface area contributed by atoms with E-state index in [-0.39, 0.29) is 18.4 Å². The predicted octanol–water partition coefficient (Wildman–Crippen LogP) is 1.04. The monoisotopic (exact) mass is 293 g/mol. The van der Waals surface area contributed by atoms with Crippen LogP contribution in [0.15, 0.2) is 24.3 Å². The third-order valence-corrected chi connectivity index (χ3v) is 2.97. The minimum atomic E-state index is -0.214. The number of anilines is 1. The number of likely N-dealkylation sites (N-methyl/N-ethyl adjacent to an activating group) is 1. The first kappa shape index (κ1) is 17.0. The Morgan fingerprint density at radius 2 is 1.76 bits per heavy atom. The molecule has 2 amide bonds. The lowest BCUT2D eigenvalue weighted by Crippen LogP contribution is -2.40. The van der Waals surface area contributed by atoms with Gasteiger partial charge in [-0.05, 0) is 38.4 Å². The van der Waals surface area contributed by atoms with Crippen molar-refractivity contribution in [2.24, 2.45) is 0 Å². The van der Waals surface area contributed by atoms with Crippen molar-refractivity contribution in [1.82, 2.24) is 9.80 Å². The average Bonchev–Trinajstić information content (AvgIpc) is 2.43. The largest absolute Gasteiger partial charge is 0.497 e. The van der Waals surface area contributed by atoms with Crippen LogP contribution in [0.1, 0.15) is 6.92 Å². The second-order valence-corrected chi connectivity index (χ2v) is 5.02. The number of benzene rings is 1. The fourth-order valence-electron chi connectivity index (χ4n) is 1.72. The zero-order valence-corrected chi connectivity index (χ0v) is 13.0. The topological polar surface area (TPSA) is 61.9 Å². The van der Waals surface area contributed by atoms with Crippen LogP contribution in [0.2, 0.25) is 0 Å². The van der Waals surface area contributed by atoms with Crippen LogP contribution in [0.5, 0.6) is 5.75 Å². The average molecular weight is 293 g/mol. The molecule has 1 aromatic carbocycles. The Kier molecular flexibility index (Phi) is 6.68. The van der Waals surface area contributed by atoms with Crippen molar-refractivity contribution >= 4 is 17.5 Å². The predicted molar refractivity (Wildman–Crippen MR) is 82.4 cm³/mol. The Bertz CT molecular complexity index is 472. The summed E-state index contributed by atoms with van der Waals surface area (Å²) in [6.07, 6.45) is 0. The molecule has 0 saturated heterocycles. The van der Waals surface area contributed by atoms with Gasteiger partial charge in [0, 0.05) is 25.7 Å². The number of hydrogen-bond acceptors (Lipinski definition) is 4. The second-order valence-electron chi connectivity index (χ2n) is 5.02. The van der Waals surface area contributed by atoms with E-state index in [4.69, 9.17) is 4.74 Å². The van der Waals surface area contributed by atoms with Gasteiger partial charge in [0.15, 0.2) is 0 Å². The minimum Gasteiger partial charge on any atom is -0.497 e. The van der Waals surface area contributed by atoms with Crippen molar-refractivity contribution in [2.45, 2.75) is 6.92 Å². The summed E-state index contributed by atoms with van der Waals surface area (Å²) in [5.74, 6) is 0.403. The number of amides is 2. The Labute approximate surface area is 125 Å². The van der Waals surface area contributed by atoms with Gasteiger partial charge in [-0.2, -0.15) is 0 Å². The van der Waals surface area contributed by atoms with Gasteiger partial charge in [-0.15, -0.1) is 0 Å². The summed E-state index contributed by atoms with van der Waals surface area (Å²) in [6.45, 7) is 2.76. The maximum atomic E-state index is 12.0. The fourth-order valence-corrected chi connectivity index (χ4v) is 1.72. The summed E-state index contributed by atoms with van der Waals surface area (Å²) in [4.78, 5) is 27.0. The third kappa shape index (κ3) is 6.27. The SMILES string of the molecule is COc1ccc(NC(=O)CN(CCN(C)C)C(C)=O)cc1. The number of carbonyl (C=O) groups is 2. The van der Waals surface area contributed by atoms with Gasteiger partial charge >= 0.3 is 0 Å². The number of hydrogen-bond donors (Lipinski definition) is 1. The van der Waals surface area contributed by atoms with Crippen LogP contribution in [0.25, 0.3) is 0 Å². The highest BCUT2D eigenvalue weighted by molar-refractivity contribution is 5.94. The Morgan fingerprint density at radius 3 is 2.24 bits per heavy atom. The Balaban J connectivity index is 2.54. The van der Waals surface area contributed by atoms with Gasteiger partial charge in [0.05, 0.1) is 13.7 Å². The molecule has 1 aromatic rings. The molecule has 0 bridgehead atoms. The normalized spacial score (nSPS) is 10.3. The van der Waals surface area contributed by atoms with E-state index in [1.54, 1.807) is 31.4 Å². The molecule has 0 heterocycles. The van der Waals surface area contributed by atoms with Gasteiger partial charge < -0.3 is 19.9 Å². The molecule has 0 atom stereocenters. The van der Waals surface area contributed by atoms with Gasteiger partial charge in [0.2, 0.25) is 11.8 Å². The van der Waals surface area contributed by atoms with Crippen LogP contribution in [0, 0.1) is 0 Å². The third-order valence-electron chi connectivity index (χ3n) is 2.97. The lowest BCUT2D eigenvalue weighted by molar-refractivity contribution is -0.132. The first-order valence-electron chi connectivity index (χ1n) is 6.76. The van der Waals surface area contributed by atoms with Gasteiger partial charge in [-0.1, -0.05) is 0 Å². The molecule has 0 radical (unpaired) electrons. The van der Waals surface area contributed by atoms with Gasteiger partial charge in [-0.25, -0.2) is 0 Å². The fraction of sp³-hybridized carbons (Fsp3) is 0.467. The molecule has 0 aliphatic rings. The molecule has 0 saturated carbocycles. The molecule has 1 N–H and O–H groups in total. The molecule has 116 valence electrons. The molecule has 1 rings (SSSR count). The van der Waals surface area contributed by atoms with Crippen LogP contribution in [0.4, 0.5) is 5.69 Å². The van der Waals surface area contributed by atoms with Crippen molar-refractivity contribution in [3.05, 3.63) is 24.3 Å². The standard InChI is InChI=1S/C15H23N3O3/c1-12(19)18(10-9-17(2)3)11-15(20)16-13-5-7-14(21-4)8-6-13/h5-8H,9-11H2,1-4H3,(H,16,20). The summed E-state index contributed by atoms with van der Waals surface area (Å²) in [6, 6.07) is 7.05. The van der Waals surface area contributed by atoms with Gasteiger partial charge in [-0.3, -0.25) is 9.59 Å². The van der Waals surface area contributed by atoms with E-state index in [1.807, 2.05) is 19.0 Å². The molecule has 0 aromatic heterocycles. The van der Waals surface area contributed by atoms with Crippen LogP contribution in [-0.2, 0) is 9.59 Å². The Hall–Kier alpha value is -2.08. The summed E-state index contributed by atoms with van der Waals surface area (Å²) in [5.41, 5.74) is 0.678. The molecule has 0 spiro atoms. The van der Waals surface area contributed by atoms with E-state index in [0.29, 0.717) is 12.2 Å². The lowest BCUT2D eigenvalue weighted by Gasteiger charge is -2.22. The summed E-state index contributed by atoms with van der Waals surface area (Å²) < 4.78 is 5.05. The zero-order valence-electron chi connectivity index (χ0n) is 13.0. The van der Waals surface area contributed by atoms with Crippen LogP contribution in [-0.4, -0.2) is 62.5 Å². The number of nitrogens with zero attached hydrogens (tertiary/aromatic N) is 2. The summed E-state index contributed by atoms with van der Waals surface area (Å²) in [7, 11) is 5.44. The quantitative estimate of drug-likeness (QED) is 0.816. The number of carbonyl (C=O) groups excluding carboxylic acids is 2. The molecule has 6 heteroatoms. The maximum Gasteiger partial charge on any atom is 0.243 e. The van der Waals surface area contributed by atoms with Crippen molar-refractivity contribution < 1.29 is 14.3 Å². The number of ether oxygens (including phenoxy) is 1. The van der Waals surface area contributed by atoms with E-state index in [9.17, 15) is 9.59 Å². The van der Waals surface area contributed by atoms with Crippen molar-refractivity contribution in [3.63, 3.8) is 0 Å². The first-order chi connectivity index (χ1) is 9.92. The number of methoxy groups -OCH3 is 1. The van der Waals surface area contributed by atoms with E-state index in [1.165, 1.54) is 11.8 Å². The van der Waals surface area contributed by atoms with Gasteiger partial charge in [0.1, 0.15) is 5.75 Å². The van der Waals surface area contributed by atoms with Crippen LogP contribution in [0.3, 0.4) is 0 Å². The summed E-state index contributed by atoms with van der Waals surface area (Å²) >= 11 is 0. The maximum absolute atomic E-state index is 12.0. The molecule has 6 nitrogen and oxygen atoms in total. The van der Waals surface area contributed by atoms with Crippen LogP contribution >= 0.6 is 0 Å². The van der Waals surface area contributed by atoms with E-state index < -0.39 is 0 Å². The van der Waals surface area contributed by atoms with Crippen LogP contribution < -0.4 is 10.1 Å². The second kappa shape index (κ2) is 8.26. The molecule has 0 aliphatic carbocycles. The first-order valence-corrected chi connectivity index (χ1v) is 6.76. The highest BCUT2D eigenvalue weighted by atomic mass is 16.5. The van der Waals surface area contributed by atoms with Crippen molar-refractivity contribution in [2.75, 3.05) is 46.2 Å². The highest BCUT2D eigenvalue weighted by Gasteiger charge is 2.13. The lowest BCUT2D eigenvalue weighted by atomic mass is 10.3. The number of rotatable bonds is 7. The molecular formula is C15H23N3O3. The van der Waals surface area contributed by atoms with Crippen molar-refractivity contribution in [3.8, 4) is 5.75 Å². The summed E-state index contributed by atoms with van der Waals surface area (Å²) in [5, 5.41) is 2.76. The van der Waals surface area contributed by atoms with Gasteiger partial charge in [0.25, 0.3) is 0 Å². The van der Waals surface area contributed by atoms with E-state index in [2.05, 4.69) is 5.32 Å². The van der Waals surface area contributed by atoms with E-state index in [0.717, 1.165) is 12.3 Å². The smallest absolute Gasteiger partial charge is 0.243 e. The molecule has 0 fully saturated rings. The zero-order chi connectivity index (χ0) is 15.8. The molecule has 21 heavy (non-hydrogen) atoms. The van der Waals surface area contributed by atoms with Crippen molar-refractivity contribution in [1.29, 1.82) is 0 Å². The van der Waals surface area contributed by atoms with E-state index >= 15 is 0 Å². The molecule has 0 unspecified atom stereocenters.